The molecule has 1 aromatic carbocycles. The van der Waals surface area contributed by atoms with Crippen LogP contribution in [0.1, 0.15) is 12.0 Å². The average molecular weight is 215 g/mol. The van der Waals surface area contributed by atoms with Gasteiger partial charge in [-0.2, -0.15) is 5.26 Å². The first-order valence-electron chi connectivity index (χ1n) is 4.53. The van der Waals surface area contributed by atoms with E-state index < -0.39 is 12.6 Å². The number of carbonyl (C=O) groups is 1. The number of carboxylic acids is 1. The maximum Gasteiger partial charge on any atom is 0.341 e. The lowest BCUT2D eigenvalue weighted by Gasteiger charge is -2.04. The highest BCUT2D eigenvalue weighted by Gasteiger charge is 2.02. The van der Waals surface area contributed by atoms with E-state index in [1.54, 1.807) is 24.3 Å². The molecule has 0 radical (unpaired) electrons. The summed E-state index contributed by atoms with van der Waals surface area (Å²) in [6.07, 6.45) is 0.132. The Morgan fingerprint density at radius 2 is 2.19 bits per heavy atom. The molecule has 0 aliphatic heterocycles. The van der Waals surface area contributed by atoms with Gasteiger partial charge in [0.15, 0.2) is 6.61 Å². The lowest BCUT2D eigenvalue weighted by atomic mass is 10.2. The zero-order chi connectivity index (χ0) is 11.8. The Balaban J connectivity index is 2.81. The van der Waals surface area contributed by atoms with Gasteiger partial charge in [0.25, 0.3) is 0 Å². The molecule has 1 N–H and O–H groups in total. The van der Waals surface area contributed by atoms with Crippen LogP contribution in [-0.4, -0.2) is 17.7 Å². The van der Waals surface area contributed by atoms with Crippen molar-refractivity contribution in [2.75, 3.05) is 6.61 Å². The summed E-state index contributed by atoms with van der Waals surface area (Å²) in [5.41, 5.74) is 0.582. The van der Waals surface area contributed by atoms with Crippen molar-refractivity contribution < 1.29 is 14.6 Å². The van der Waals surface area contributed by atoms with E-state index in [9.17, 15) is 4.79 Å². The number of hydrogen-bond donors (Lipinski definition) is 1. The van der Waals surface area contributed by atoms with Crippen LogP contribution < -0.4 is 4.74 Å². The summed E-state index contributed by atoms with van der Waals surface area (Å²) in [4.78, 5) is 10.3. The van der Waals surface area contributed by atoms with Gasteiger partial charge in [-0.05, 0) is 12.1 Å². The molecule has 0 aromatic heterocycles. The molecule has 16 heavy (non-hydrogen) atoms. The molecule has 0 saturated carbocycles. The second-order valence-corrected chi connectivity index (χ2v) is 2.82. The first-order chi connectivity index (χ1) is 7.74. The lowest BCUT2D eigenvalue weighted by molar-refractivity contribution is -0.139. The number of aliphatic carboxylic acids is 1. The second-order valence-electron chi connectivity index (χ2n) is 2.82. The summed E-state index contributed by atoms with van der Waals surface area (Å²) in [6.45, 7) is -0.406. The van der Waals surface area contributed by atoms with Crippen molar-refractivity contribution in [1.29, 1.82) is 5.26 Å². The Bertz CT molecular complexity index is 477. The van der Waals surface area contributed by atoms with Crippen LogP contribution in [-0.2, 0) is 4.79 Å². The van der Waals surface area contributed by atoms with Crippen molar-refractivity contribution in [2.24, 2.45) is 0 Å². The number of rotatable bonds is 3. The summed E-state index contributed by atoms with van der Waals surface area (Å²) in [7, 11) is 0. The minimum atomic E-state index is -1.04. The summed E-state index contributed by atoms with van der Waals surface area (Å²) < 4.78 is 5.04. The number of nitriles is 1. The molecule has 0 aliphatic carbocycles. The van der Waals surface area contributed by atoms with E-state index >= 15 is 0 Å². The predicted octanol–water partition coefficient (Wildman–Crippen LogP) is 1.42. The molecular formula is C12H9NO3. The number of para-hydroxylation sites is 1. The van der Waals surface area contributed by atoms with Crippen molar-refractivity contribution in [1.82, 2.24) is 0 Å². The normalized spacial score (nSPS) is 8.44. The summed E-state index contributed by atoms with van der Waals surface area (Å²) in [5.74, 6) is 4.76. The Hall–Kier alpha value is -2.46. The highest BCUT2D eigenvalue weighted by molar-refractivity contribution is 5.68. The molecule has 0 heterocycles. The van der Waals surface area contributed by atoms with Crippen LogP contribution in [0.2, 0.25) is 0 Å². The fraction of sp³-hybridized carbons (Fsp3) is 0.167. The minimum Gasteiger partial charge on any atom is -0.481 e. The van der Waals surface area contributed by atoms with Gasteiger partial charge in [0, 0.05) is 0 Å². The Morgan fingerprint density at radius 1 is 1.44 bits per heavy atom. The number of carboxylic acid groups (broad SMARTS) is 1. The molecule has 0 aliphatic rings. The third kappa shape index (κ3) is 3.73. The molecule has 0 spiro atoms. The zero-order valence-electron chi connectivity index (χ0n) is 8.43. The molecule has 4 nitrogen and oxygen atoms in total. The minimum absolute atomic E-state index is 0.132. The largest absolute Gasteiger partial charge is 0.481 e. The quantitative estimate of drug-likeness (QED) is 0.774. The molecule has 80 valence electrons. The van der Waals surface area contributed by atoms with Crippen molar-refractivity contribution in [2.45, 2.75) is 6.42 Å². The van der Waals surface area contributed by atoms with Gasteiger partial charge in [0.2, 0.25) is 0 Å². The maximum atomic E-state index is 10.3. The standard InChI is InChI=1S/C12H9NO3/c13-8-4-3-6-10-5-1-2-7-11(10)16-9-12(14)15/h1-2,5,7H,4,9H2,(H,14,15). The van der Waals surface area contributed by atoms with Crippen molar-refractivity contribution in [3.05, 3.63) is 29.8 Å². The topological polar surface area (TPSA) is 70.3 Å². The smallest absolute Gasteiger partial charge is 0.341 e. The van der Waals surface area contributed by atoms with Gasteiger partial charge >= 0.3 is 5.97 Å². The van der Waals surface area contributed by atoms with Gasteiger partial charge in [0.05, 0.1) is 18.1 Å². The highest BCUT2D eigenvalue weighted by Crippen LogP contribution is 2.16. The van der Waals surface area contributed by atoms with Crippen LogP contribution in [0.5, 0.6) is 5.75 Å². The molecule has 0 atom stereocenters. The van der Waals surface area contributed by atoms with Crippen LogP contribution in [0.4, 0.5) is 0 Å². The average Bonchev–Trinajstić information content (AvgIpc) is 2.28. The number of nitrogens with zero attached hydrogens (tertiary/aromatic N) is 1. The summed E-state index contributed by atoms with van der Waals surface area (Å²) in [5, 5.41) is 16.8. The van der Waals surface area contributed by atoms with E-state index in [4.69, 9.17) is 15.1 Å². The Labute approximate surface area is 93.1 Å². The number of hydrogen-bond acceptors (Lipinski definition) is 3. The molecule has 0 fully saturated rings. The van der Waals surface area contributed by atoms with Crippen molar-refractivity contribution in [3.8, 4) is 23.7 Å². The zero-order valence-corrected chi connectivity index (χ0v) is 8.43. The van der Waals surface area contributed by atoms with Gasteiger partial charge in [-0.1, -0.05) is 24.0 Å². The van der Waals surface area contributed by atoms with E-state index in [0.29, 0.717) is 11.3 Å². The van der Waals surface area contributed by atoms with Gasteiger partial charge < -0.3 is 9.84 Å². The monoisotopic (exact) mass is 215 g/mol. The Kier molecular flexibility index (Phi) is 4.43. The summed E-state index contributed by atoms with van der Waals surface area (Å²) >= 11 is 0. The van der Waals surface area contributed by atoms with E-state index in [1.807, 2.05) is 6.07 Å². The van der Waals surface area contributed by atoms with Crippen LogP contribution in [0.15, 0.2) is 24.3 Å². The van der Waals surface area contributed by atoms with Gasteiger partial charge in [-0.15, -0.1) is 0 Å². The molecule has 0 saturated heterocycles. The molecule has 0 bridgehead atoms. The predicted molar refractivity (Wildman–Crippen MR) is 56.7 cm³/mol. The second kappa shape index (κ2) is 6.10. The van der Waals surface area contributed by atoms with Gasteiger partial charge in [-0.3, -0.25) is 0 Å². The van der Waals surface area contributed by atoms with Crippen LogP contribution >= 0.6 is 0 Å². The van der Waals surface area contributed by atoms with Crippen LogP contribution in [0, 0.1) is 23.2 Å². The van der Waals surface area contributed by atoms with E-state index in [1.165, 1.54) is 0 Å². The van der Waals surface area contributed by atoms with Crippen LogP contribution in [0.3, 0.4) is 0 Å². The molecule has 4 heteroatoms. The van der Waals surface area contributed by atoms with E-state index in [-0.39, 0.29) is 6.42 Å². The first-order valence-corrected chi connectivity index (χ1v) is 4.53. The third-order valence-electron chi connectivity index (χ3n) is 1.63. The van der Waals surface area contributed by atoms with Crippen molar-refractivity contribution in [3.63, 3.8) is 0 Å². The number of benzene rings is 1. The van der Waals surface area contributed by atoms with E-state index in [2.05, 4.69) is 11.8 Å². The van der Waals surface area contributed by atoms with Crippen LogP contribution in [0.25, 0.3) is 0 Å². The molecular weight excluding hydrogens is 206 g/mol. The molecule has 1 rings (SSSR count). The number of ether oxygens (including phenoxy) is 1. The fourth-order valence-corrected chi connectivity index (χ4v) is 1.01. The summed E-state index contributed by atoms with van der Waals surface area (Å²) in [6, 6.07) is 8.74. The van der Waals surface area contributed by atoms with Gasteiger partial charge in [-0.25, -0.2) is 4.79 Å². The fourth-order valence-electron chi connectivity index (χ4n) is 1.01. The van der Waals surface area contributed by atoms with E-state index in [0.717, 1.165) is 0 Å². The third-order valence-corrected chi connectivity index (χ3v) is 1.63. The molecule has 1 aromatic rings. The first kappa shape index (κ1) is 11.6. The maximum absolute atomic E-state index is 10.3. The molecule has 0 amide bonds. The van der Waals surface area contributed by atoms with Gasteiger partial charge in [0.1, 0.15) is 5.75 Å². The molecule has 0 unspecified atom stereocenters. The SMILES string of the molecule is N#CCC#Cc1ccccc1OCC(=O)O. The lowest BCUT2D eigenvalue weighted by Crippen LogP contribution is -2.10. The van der Waals surface area contributed by atoms with Crippen molar-refractivity contribution >= 4 is 5.97 Å². The highest BCUT2D eigenvalue weighted by atomic mass is 16.5. The Morgan fingerprint density at radius 3 is 2.88 bits per heavy atom.